The van der Waals surface area contributed by atoms with Gasteiger partial charge in [-0.25, -0.2) is 0 Å². The van der Waals surface area contributed by atoms with Crippen LogP contribution in [0.1, 0.15) is 104 Å². The summed E-state index contributed by atoms with van der Waals surface area (Å²) in [6.07, 6.45) is 19.5. The van der Waals surface area contributed by atoms with E-state index < -0.39 is 11.6 Å². The van der Waals surface area contributed by atoms with Crippen molar-refractivity contribution in [1.82, 2.24) is 0 Å². The molecule has 0 bridgehead atoms. The zero-order chi connectivity index (χ0) is 26.5. The minimum absolute atomic E-state index is 0.00256. The van der Waals surface area contributed by atoms with Gasteiger partial charge in [0, 0.05) is 6.61 Å². The number of hydrogen-bond donors (Lipinski definition) is 0. The predicted octanol–water partition coefficient (Wildman–Crippen LogP) is 8.98. The van der Waals surface area contributed by atoms with E-state index in [0.717, 1.165) is 55.0 Å². The van der Waals surface area contributed by atoms with Gasteiger partial charge in [0.05, 0.1) is 19.3 Å². The van der Waals surface area contributed by atoms with E-state index >= 15 is 0 Å². The van der Waals surface area contributed by atoms with Gasteiger partial charge in [-0.05, 0) is 157 Å². The van der Waals surface area contributed by atoms with Crippen LogP contribution in [0.3, 0.4) is 0 Å². The lowest BCUT2D eigenvalue weighted by Gasteiger charge is -2.46. The number of benzene rings is 1. The summed E-state index contributed by atoms with van der Waals surface area (Å²) in [6.45, 7) is 5.53. The van der Waals surface area contributed by atoms with Gasteiger partial charge in [0.1, 0.15) is 0 Å². The van der Waals surface area contributed by atoms with Gasteiger partial charge in [-0.1, -0.05) is 0 Å². The maximum atomic E-state index is 14.4. The molecule has 4 saturated carbocycles. The summed E-state index contributed by atoms with van der Waals surface area (Å²) in [5.74, 6) is 4.06. The van der Waals surface area contributed by atoms with Crippen LogP contribution in [0.25, 0.3) is 0 Å². The van der Waals surface area contributed by atoms with Crippen LogP contribution in [0.4, 0.5) is 8.78 Å². The van der Waals surface area contributed by atoms with Crippen molar-refractivity contribution in [3.8, 4) is 11.5 Å². The monoisotopic (exact) mass is 532 g/mol. The first-order chi connectivity index (χ1) is 18.6. The second-order valence-electron chi connectivity index (χ2n) is 12.9. The molecule has 38 heavy (non-hydrogen) atoms. The van der Waals surface area contributed by atoms with Crippen LogP contribution in [0.5, 0.6) is 11.5 Å². The maximum absolute atomic E-state index is 14.4. The highest BCUT2D eigenvalue weighted by atomic mass is 19.2. The fourth-order valence-corrected chi connectivity index (χ4v) is 8.71. The van der Waals surface area contributed by atoms with E-state index in [4.69, 9.17) is 14.2 Å². The van der Waals surface area contributed by atoms with Crippen LogP contribution < -0.4 is 9.47 Å². The number of halogens is 2. The predicted molar refractivity (Wildman–Crippen MR) is 148 cm³/mol. The molecule has 4 unspecified atom stereocenters. The average molecular weight is 533 g/mol. The zero-order valence-electron chi connectivity index (χ0n) is 23.8. The Kier molecular flexibility index (Phi) is 9.89. The van der Waals surface area contributed by atoms with Crippen molar-refractivity contribution in [3.63, 3.8) is 0 Å². The lowest BCUT2D eigenvalue weighted by Crippen LogP contribution is -2.37. The molecular formula is C33H50F2O3. The van der Waals surface area contributed by atoms with E-state index in [1.165, 1.54) is 89.2 Å². The summed E-state index contributed by atoms with van der Waals surface area (Å²) in [6, 6.07) is 2.95. The Bertz CT molecular complexity index is 875. The fourth-order valence-electron chi connectivity index (χ4n) is 8.71. The van der Waals surface area contributed by atoms with Gasteiger partial charge in [0.25, 0.3) is 0 Å². The van der Waals surface area contributed by atoms with Gasteiger partial charge >= 0.3 is 0 Å². The molecule has 0 heterocycles. The molecule has 5 rings (SSSR count). The molecule has 0 amide bonds. The highest BCUT2D eigenvalue weighted by molar-refractivity contribution is 5.35. The zero-order valence-corrected chi connectivity index (χ0v) is 23.8. The first-order valence-corrected chi connectivity index (χ1v) is 15.9. The van der Waals surface area contributed by atoms with Crippen molar-refractivity contribution < 1.29 is 23.0 Å². The van der Waals surface area contributed by atoms with Crippen molar-refractivity contribution in [2.45, 2.75) is 110 Å². The summed E-state index contributed by atoms with van der Waals surface area (Å²) in [7, 11) is 0. The van der Waals surface area contributed by atoms with Gasteiger partial charge in [0.15, 0.2) is 11.5 Å². The first kappa shape index (κ1) is 28.2. The van der Waals surface area contributed by atoms with E-state index in [2.05, 4.69) is 6.92 Å². The topological polar surface area (TPSA) is 27.7 Å². The van der Waals surface area contributed by atoms with Crippen molar-refractivity contribution in [1.29, 1.82) is 0 Å². The third-order valence-electron chi connectivity index (χ3n) is 10.8. The standard InChI is InChI=1S/C33H50F2O3/c1-3-36-29-16-15-27-19-26(13-14-28(27)20-29)25-11-9-24(10-12-25)23-7-5-22(6-8-23)21-38-31-18-17-30(37-4-2)32(34)33(31)35/h17-18,22-29H,3-16,19-21H2,1-2H3. The molecular weight excluding hydrogens is 482 g/mol. The van der Waals surface area contributed by atoms with E-state index in [0.29, 0.717) is 25.2 Å². The highest BCUT2D eigenvalue weighted by Gasteiger charge is 2.40. The molecule has 4 aliphatic carbocycles. The van der Waals surface area contributed by atoms with Crippen LogP contribution in [-0.4, -0.2) is 25.9 Å². The molecule has 0 radical (unpaired) electrons. The maximum Gasteiger partial charge on any atom is 0.204 e. The minimum atomic E-state index is -0.953. The van der Waals surface area contributed by atoms with Crippen molar-refractivity contribution in [3.05, 3.63) is 23.8 Å². The lowest BCUT2D eigenvalue weighted by molar-refractivity contribution is -0.0219. The molecule has 214 valence electrons. The SMILES string of the molecule is CCOc1ccc(OCC2CCC(C3CCC(C4CCC5CC(OCC)CCC5C4)CC3)CC2)c(F)c1F. The smallest absolute Gasteiger partial charge is 0.204 e. The van der Waals surface area contributed by atoms with Crippen LogP contribution in [-0.2, 0) is 4.74 Å². The van der Waals surface area contributed by atoms with E-state index in [9.17, 15) is 8.78 Å². The van der Waals surface area contributed by atoms with E-state index in [1.54, 1.807) is 6.92 Å². The Morgan fingerprint density at radius 1 is 0.579 bits per heavy atom. The molecule has 0 aromatic heterocycles. The second-order valence-corrected chi connectivity index (χ2v) is 12.9. The molecule has 1 aromatic carbocycles. The molecule has 0 spiro atoms. The van der Waals surface area contributed by atoms with Gasteiger partial charge in [-0.3, -0.25) is 0 Å². The molecule has 0 saturated heterocycles. The van der Waals surface area contributed by atoms with Crippen molar-refractivity contribution >= 4 is 0 Å². The van der Waals surface area contributed by atoms with Crippen LogP contribution in [0.15, 0.2) is 12.1 Å². The Labute approximate surface area is 229 Å². The molecule has 0 aliphatic heterocycles. The third kappa shape index (κ3) is 6.67. The average Bonchev–Trinajstić information content (AvgIpc) is 2.95. The van der Waals surface area contributed by atoms with Gasteiger partial charge in [-0.15, -0.1) is 0 Å². The Hall–Kier alpha value is -1.36. The number of rotatable bonds is 9. The van der Waals surface area contributed by atoms with Crippen LogP contribution in [0.2, 0.25) is 0 Å². The van der Waals surface area contributed by atoms with Crippen molar-refractivity contribution in [2.75, 3.05) is 19.8 Å². The van der Waals surface area contributed by atoms with E-state index in [-0.39, 0.29) is 11.5 Å². The van der Waals surface area contributed by atoms with Crippen LogP contribution in [0, 0.1) is 53.1 Å². The fraction of sp³-hybridized carbons (Fsp3) is 0.818. The summed E-state index contributed by atoms with van der Waals surface area (Å²) < 4.78 is 45.3. The largest absolute Gasteiger partial charge is 0.491 e. The Morgan fingerprint density at radius 3 is 1.66 bits per heavy atom. The number of ether oxygens (including phenoxy) is 3. The van der Waals surface area contributed by atoms with Crippen molar-refractivity contribution in [2.24, 2.45) is 41.4 Å². The summed E-state index contributed by atoms with van der Waals surface area (Å²) in [4.78, 5) is 0. The quantitative estimate of drug-likeness (QED) is 0.318. The van der Waals surface area contributed by atoms with Gasteiger partial charge < -0.3 is 14.2 Å². The van der Waals surface area contributed by atoms with Crippen LogP contribution >= 0.6 is 0 Å². The van der Waals surface area contributed by atoms with Gasteiger partial charge in [0.2, 0.25) is 11.6 Å². The summed E-state index contributed by atoms with van der Waals surface area (Å²) >= 11 is 0. The molecule has 3 nitrogen and oxygen atoms in total. The molecule has 4 atom stereocenters. The summed E-state index contributed by atoms with van der Waals surface area (Å²) in [5, 5.41) is 0. The number of fused-ring (bicyclic) bond motifs is 1. The summed E-state index contributed by atoms with van der Waals surface area (Å²) in [5.41, 5.74) is 0. The lowest BCUT2D eigenvalue weighted by atomic mass is 9.61. The normalized spacial score (nSPS) is 35.9. The molecule has 0 N–H and O–H groups in total. The molecule has 1 aromatic rings. The third-order valence-corrected chi connectivity index (χ3v) is 10.8. The molecule has 4 aliphatic rings. The Morgan fingerprint density at radius 2 is 1.05 bits per heavy atom. The molecule has 5 heteroatoms. The molecule has 4 fully saturated rings. The first-order valence-electron chi connectivity index (χ1n) is 15.9. The number of hydrogen-bond acceptors (Lipinski definition) is 3. The van der Waals surface area contributed by atoms with E-state index in [1.807, 2.05) is 0 Å². The highest BCUT2D eigenvalue weighted by Crippen LogP contribution is 2.50. The second kappa shape index (κ2) is 13.3. The van der Waals surface area contributed by atoms with Gasteiger partial charge in [-0.2, -0.15) is 8.78 Å². The Balaban J connectivity index is 1.01. The minimum Gasteiger partial charge on any atom is -0.491 e.